The Morgan fingerprint density at radius 2 is 2.07 bits per heavy atom. The van der Waals surface area contributed by atoms with Crippen LogP contribution in [0.4, 0.5) is 11.4 Å². The molecule has 0 aliphatic rings. The predicted octanol–water partition coefficient (Wildman–Crippen LogP) is 4.69. The first-order valence-corrected chi connectivity index (χ1v) is 9.65. The summed E-state index contributed by atoms with van der Waals surface area (Å²) in [5, 5.41) is 22.0. The summed E-state index contributed by atoms with van der Waals surface area (Å²) in [6.45, 7) is 0. The Morgan fingerprint density at radius 3 is 2.79 bits per heavy atom. The van der Waals surface area contributed by atoms with Crippen LogP contribution in [0.15, 0.2) is 46.0 Å². The summed E-state index contributed by atoms with van der Waals surface area (Å²) in [5.41, 5.74) is 0.475. The summed E-state index contributed by atoms with van der Waals surface area (Å²) < 4.78 is 10.8. The van der Waals surface area contributed by atoms with Crippen molar-refractivity contribution in [3.63, 3.8) is 0 Å². The minimum atomic E-state index is -0.579. The number of amides is 1. The molecule has 0 atom stereocenters. The van der Waals surface area contributed by atoms with E-state index in [1.165, 1.54) is 25.3 Å². The fourth-order valence-corrected chi connectivity index (χ4v) is 3.16. The number of thioether (sulfide) groups is 1. The number of non-ortho nitro benzene ring substituents is 1. The van der Waals surface area contributed by atoms with Crippen molar-refractivity contribution in [2.45, 2.75) is 5.22 Å². The van der Waals surface area contributed by atoms with Crippen LogP contribution in [0.2, 0.25) is 10.0 Å². The Labute approximate surface area is 178 Å². The third kappa shape index (κ3) is 5.17. The molecule has 0 radical (unpaired) electrons. The highest BCUT2D eigenvalue weighted by Gasteiger charge is 2.17. The highest BCUT2D eigenvalue weighted by Crippen LogP contribution is 2.33. The van der Waals surface area contributed by atoms with Crippen molar-refractivity contribution in [2.24, 2.45) is 0 Å². The molecule has 0 saturated heterocycles. The average Bonchev–Trinajstić information content (AvgIpc) is 3.17. The van der Waals surface area contributed by atoms with Crippen LogP contribution in [0.25, 0.3) is 11.5 Å². The number of hydrogen-bond donors (Lipinski definition) is 1. The fraction of sp³-hybridized carbons (Fsp3) is 0.118. The second-order valence-electron chi connectivity index (χ2n) is 5.48. The molecular weight excluding hydrogens is 443 g/mol. The highest BCUT2D eigenvalue weighted by atomic mass is 35.5. The smallest absolute Gasteiger partial charge is 0.277 e. The molecule has 1 aromatic heterocycles. The molecular formula is C17H12Cl2N4O5S. The molecule has 150 valence electrons. The van der Waals surface area contributed by atoms with Gasteiger partial charge in [-0.3, -0.25) is 14.9 Å². The Morgan fingerprint density at radius 1 is 1.28 bits per heavy atom. The molecule has 0 saturated carbocycles. The third-order valence-electron chi connectivity index (χ3n) is 3.56. The fourth-order valence-electron chi connectivity index (χ4n) is 2.26. The first-order chi connectivity index (χ1) is 13.9. The van der Waals surface area contributed by atoms with E-state index in [1.807, 2.05) is 0 Å². The molecule has 0 spiro atoms. The first-order valence-electron chi connectivity index (χ1n) is 7.91. The number of hydrogen-bond acceptors (Lipinski definition) is 8. The summed E-state index contributed by atoms with van der Waals surface area (Å²) in [6.07, 6.45) is 0. The Bertz CT molecular complexity index is 1080. The molecule has 12 heteroatoms. The number of nitro benzene ring substituents is 1. The predicted molar refractivity (Wildman–Crippen MR) is 109 cm³/mol. The molecule has 3 rings (SSSR count). The summed E-state index contributed by atoms with van der Waals surface area (Å²) in [4.78, 5) is 22.4. The lowest BCUT2D eigenvalue weighted by Crippen LogP contribution is -2.14. The van der Waals surface area contributed by atoms with Gasteiger partial charge in [0.25, 0.3) is 16.8 Å². The number of aromatic nitrogens is 2. The van der Waals surface area contributed by atoms with Gasteiger partial charge in [-0.1, -0.05) is 35.0 Å². The van der Waals surface area contributed by atoms with E-state index in [0.29, 0.717) is 16.3 Å². The van der Waals surface area contributed by atoms with Gasteiger partial charge in [0, 0.05) is 17.2 Å². The largest absolute Gasteiger partial charge is 0.496 e. The monoisotopic (exact) mass is 454 g/mol. The van der Waals surface area contributed by atoms with Crippen LogP contribution in [0.1, 0.15) is 0 Å². The number of nitro groups is 1. The Hall–Kier alpha value is -2.82. The lowest BCUT2D eigenvalue weighted by molar-refractivity contribution is -0.384. The van der Waals surface area contributed by atoms with Crippen molar-refractivity contribution in [1.82, 2.24) is 10.2 Å². The zero-order valence-electron chi connectivity index (χ0n) is 14.7. The third-order valence-corrected chi connectivity index (χ3v) is 4.94. The molecule has 1 N–H and O–H groups in total. The second-order valence-corrected chi connectivity index (χ2v) is 7.25. The van der Waals surface area contributed by atoms with Gasteiger partial charge < -0.3 is 14.5 Å². The molecule has 0 bridgehead atoms. The maximum atomic E-state index is 12.2. The van der Waals surface area contributed by atoms with Gasteiger partial charge in [0.1, 0.15) is 5.75 Å². The van der Waals surface area contributed by atoms with Gasteiger partial charge in [-0.2, -0.15) is 0 Å². The number of ether oxygens (including phenoxy) is 1. The van der Waals surface area contributed by atoms with Crippen molar-refractivity contribution in [3.8, 4) is 17.2 Å². The van der Waals surface area contributed by atoms with Crippen LogP contribution >= 0.6 is 35.0 Å². The van der Waals surface area contributed by atoms with E-state index in [9.17, 15) is 14.9 Å². The summed E-state index contributed by atoms with van der Waals surface area (Å²) >= 11 is 13.0. The van der Waals surface area contributed by atoms with Crippen LogP contribution < -0.4 is 10.1 Å². The van der Waals surface area contributed by atoms with Crippen LogP contribution in [0.3, 0.4) is 0 Å². The van der Waals surface area contributed by atoms with E-state index in [0.717, 1.165) is 11.8 Å². The molecule has 3 aromatic rings. The molecule has 0 fully saturated rings. The standard InChI is InChI=1S/C17H12Cl2N4O5S/c1-27-14-5-2-9(18)6-11(14)16-21-22-17(28-16)29-8-15(24)20-13-7-10(23(25)26)3-4-12(13)19/h2-7H,8H2,1H3,(H,20,24). The summed E-state index contributed by atoms with van der Waals surface area (Å²) in [5.74, 6) is 0.173. The minimum absolute atomic E-state index is 0.0761. The number of anilines is 1. The minimum Gasteiger partial charge on any atom is -0.496 e. The van der Waals surface area contributed by atoms with Gasteiger partial charge in [-0.15, -0.1) is 10.2 Å². The quantitative estimate of drug-likeness (QED) is 0.310. The van der Waals surface area contributed by atoms with Crippen molar-refractivity contribution in [3.05, 3.63) is 56.6 Å². The van der Waals surface area contributed by atoms with E-state index in [-0.39, 0.29) is 33.3 Å². The normalized spacial score (nSPS) is 10.6. The number of nitrogens with one attached hydrogen (secondary N) is 1. The molecule has 1 amide bonds. The van der Waals surface area contributed by atoms with E-state index >= 15 is 0 Å². The highest BCUT2D eigenvalue weighted by molar-refractivity contribution is 7.99. The number of carbonyl (C=O) groups excluding carboxylic acids is 1. The maximum absolute atomic E-state index is 12.2. The number of halogens is 2. The maximum Gasteiger partial charge on any atom is 0.277 e. The van der Waals surface area contributed by atoms with Crippen LogP contribution in [-0.2, 0) is 4.79 Å². The van der Waals surface area contributed by atoms with E-state index in [4.69, 9.17) is 32.4 Å². The number of methoxy groups -OCH3 is 1. The molecule has 9 nitrogen and oxygen atoms in total. The van der Waals surface area contributed by atoms with Gasteiger partial charge in [0.2, 0.25) is 5.91 Å². The van der Waals surface area contributed by atoms with Crippen LogP contribution in [0.5, 0.6) is 5.75 Å². The van der Waals surface area contributed by atoms with Crippen molar-refractivity contribution < 1.29 is 18.9 Å². The Balaban J connectivity index is 1.66. The van der Waals surface area contributed by atoms with Crippen molar-refractivity contribution in [2.75, 3.05) is 18.2 Å². The summed E-state index contributed by atoms with van der Waals surface area (Å²) in [6, 6.07) is 8.73. The zero-order chi connectivity index (χ0) is 21.0. The molecule has 0 aliphatic heterocycles. The molecule has 2 aromatic carbocycles. The van der Waals surface area contributed by atoms with Gasteiger partial charge in [0.05, 0.1) is 34.1 Å². The summed E-state index contributed by atoms with van der Waals surface area (Å²) in [7, 11) is 1.50. The van der Waals surface area contributed by atoms with Gasteiger partial charge in [-0.05, 0) is 24.3 Å². The lowest BCUT2D eigenvalue weighted by atomic mass is 10.2. The van der Waals surface area contributed by atoms with E-state index in [1.54, 1.807) is 18.2 Å². The molecule has 1 heterocycles. The van der Waals surface area contributed by atoms with Crippen molar-refractivity contribution in [1.29, 1.82) is 0 Å². The molecule has 0 aliphatic carbocycles. The SMILES string of the molecule is COc1ccc(Cl)cc1-c1nnc(SCC(=O)Nc2cc([N+](=O)[O-])ccc2Cl)o1. The van der Waals surface area contributed by atoms with Crippen molar-refractivity contribution >= 4 is 52.2 Å². The van der Waals surface area contributed by atoms with Gasteiger partial charge in [0.15, 0.2) is 0 Å². The Kier molecular flexibility index (Phi) is 6.57. The number of nitrogens with zero attached hydrogens (tertiary/aromatic N) is 3. The van der Waals surface area contributed by atoms with Gasteiger partial charge >= 0.3 is 0 Å². The topological polar surface area (TPSA) is 120 Å². The molecule has 0 unspecified atom stereocenters. The molecule has 29 heavy (non-hydrogen) atoms. The van der Waals surface area contributed by atoms with E-state index in [2.05, 4.69) is 15.5 Å². The lowest BCUT2D eigenvalue weighted by Gasteiger charge is -2.06. The van der Waals surface area contributed by atoms with Gasteiger partial charge in [-0.25, -0.2) is 0 Å². The average molecular weight is 455 g/mol. The van der Waals surface area contributed by atoms with E-state index < -0.39 is 10.8 Å². The number of carbonyl (C=O) groups is 1. The van der Waals surface area contributed by atoms with Crippen LogP contribution in [0, 0.1) is 10.1 Å². The second kappa shape index (κ2) is 9.12. The number of benzene rings is 2. The van der Waals surface area contributed by atoms with Crippen LogP contribution in [-0.4, -0.2) is 33.9 Å². The number of rotatable bonds is 7. The zero-order valence-corrected chi connectivity index (χ0v) is 17.0. The first kappa shape index (κ1) is 20.9.